The normalized spacial score (nSPS) is 10.6. The number of rotatable bonds is 26. The van der Waals surface area contributed by atoms with Crippen LogP contribution in [0.3, 0.4) is 0 Å². The Labute approximate surface area is 208 Å². The highest BCUT2D eigenvalue weighted by Crippen LogP contribution is 1.89. The van der Waals surface area contributed by atoms with Gasteiger partial charge in [0.25, 0.3) is 0 Å². The minimum atomic E-state index is -0.752. The molecule has 0 saturated heterocycles. The van der Waals surface area contributed by atoms with Crippen LogP contribution >= 0.6 is 0 Å². The van der Waals surface area contributed by atoms with Gasteiger partial charge in [-0.15, -0.1) is 0 Å². The standard InChI is InChI=1S/C15H30O9.C7H16O4/c1-18-5-6-20-9-10-22-12-14-24-15(17)23-13-11-21-8-7-19-4-2-3-16;8-2-1-4-10-6-7-11-5-3-9/h16H,2-14H2,1H3;8-9H,1-7H2. The molecule has 35 heavy (non-hydrogen) atoms. The number of carbonyl (C=O) groups is 1. The van der Waals surface area contributed by atoms with Crippen LogP contribution in [0.15, 0.2) is 0 Å². The van der Waals surface area contributed by atoms with E-state index in [1.807, 2.05) is 0 Å². The summed E-state index contributed by atoms with van der Waals surface area (Å²) in [6.07, 6.45) is 0.525. The summed E-state index contributed by atoms with van der Waals surface area (Å²) in [7, 11) is 1.61. The topological polar surface area (TPSA) is 161 Å². The molecule has 0 atom stereocenters. The van der Waals surface area contributed by atoms with Gasteiger partial charge in [0.05, 0.1) is 79.3 Å². The van der Waals surface area contributed by atoms with Gasteiger partial charge in [0.1, 0.15) is 13.2 Å². The Kier molecular flexibility index (Phi) is 36.1. The molecule has 13 nitrogen and oxygen atoms in total. The number of hydrogen-bond donors (Lipinski definition) is 3. The highest BCUT2D eigenvalue weighted by atomic mass is 16.7. The quantitative estimate of drug-likeness (QED) is 0.101. The third-order valence-corrected chi connectivity index (χ3v) is 3.57. The van der Waals surface area contributed by atoms with Crippen LogP contribution in [0.25, 0.3) is 0 Å². The molecule has 0 aromatic heterocycles. The van der Waals surface area contributed by atoms with Gasteiger partial charge >= 0.3 is 6.16 Å². The van der Waals surface area contributed by atoms with E-state index in [1.54, 1.807) is 7.11 Å². The number of aliphatic hydroxyl groups excluding tert-OH is 3. The molecule has 13 heteroatoms. The molecule has 0 aromatic rings. The van der Waals surface area contributed by atoms with Crippen LogP contribution in [0.4, 0.5) is 4.79 Å². The van der Waals surface area contributed by atoms with E-state index in [2.05, 4.69) is 0 Å². The Balaban J connectivity index is 0. The zero-order chi connectivity index (χ0) is 26.1. The molecule has 3 N–H and O–H groups in total. The Bertz CT molecular complexity index is 356. The number of aliphatic hydroxyl groups is 3. The number of methoxy groups -OCH3 is 1. The van der Waals surface area contributed by atoms with Gasteiger partial charge in [-0.2, -0.15) is 0 Å². The summed E-state index contributed by atoms with van der Waals surface area (Å²) in [6.45, 7) is 6.41. The second-order valence-electron chi connectivity index (χ2n) is 6.49. The molecule has 212 valence electrons. The van der Waals surface area contributed by atoms with E-state index in [4.69, 9.17) is 58.0 Å². The second-order valence-corrected chi connectivity index (χ2v) is 6.49. The third kappa shape index (κ3) is 37.6. The first-order valence-corrected chi connectivity index (χ1v) is 11.8. The van der Waals surface area contributed by atoms with Gasteiger partial charge in [0, 0.05) is 33.5 Å². The number of ether oxygens (including phenoxy) is 9. The van der Waals surface area contributed by atoms with Gasteiger partial charge in [0.15, 0.2) is 0 Å². The lowest BCUT2D eigenvalue weighted by Gasteiger charge is -2.08. The fourth-order valence-corrected chi connectivity index (χ4v) is 1.92. The molecule has 0 bridgehead atoms. The maximum atomic E-state index is 11.2. The summed E-state index contributed by atoms with van der Waals surface area (Å²) < 4.78 is 45.2. The van der Waals surface area contributed by atoms with Crippen LogP contribution in [0.2, 0.25) is 0 Å². The summed E-state index contributed by atoms with van der Waals surface area (Å²) in [5.74, 6) is 0. The molecule has 0 aliphatic carbocycles. The zero-order valence-electron chi connectivity index (χ0n) is 21.1. The molecular weight excluding hydrogens is 472 g/mol. The Morgan fingerprint density at radius 1 is 0.457 bits per heavy atom. The summed E-state index contributed by atoms with van der Waals surface area (Å²) in [4.78, 5) is 11.2. The fraction of sp³-hybridized carbons (Fsp3) is 0.955. The van der Waals surface area contributed by atoms with E-state index in [0.717, 1.165) is 0 Å². The average Bonchev–Trinajstić information content (AvgIpc) is 2.86. The number of carbonyl (C=O) groups excluding carboxylic acids is 1. The van der Waals surface area contributed by atoms with Crippen LogP contribution in [0.1, 0.15) is 12.8 Å². The zero-order valence-corrected chi connectivity index (χ0v) is 21.1. The molecule has 0 aliphatic rings. The van der Waals surface area contributed by atoms with Crippen LogP contribution in [-0.2, 0) is 42.6 Å². The third-order valence-electron chi connectivity index (χ3n) is 3.57. The first-order chi connectivity index (χ1) is 17.2. The van der Waals surface area contributed by atoms with Crippen molar-refractivity contribution in [3.8, 4) is 0 Å². The van der Waals surface area contributed by atoms with Crippen molar-refractivity contribution in [1.29, 1.82) is 0 Å². The van der Waals surface area contributed by atoms with Crippen LogP contribution < -0.4 is 0 Å². The van der Waals surface area contributed by atoms with E-state index in [-0.39, 0.29) is 46.2 Å². The second kappa shape index (κ2) is 35.0. The fourth-order valence-electron chi connectivity index (χ4n) is 1.92. The van der Waals surface area contributed by atoms with Gasteiger partial charge in [-0.05, 0) is 12.8 Å². The number of hydrogen-bond acceptors (Lipinski definition) is 13. The van der Waals surface area contributed by atoms with Crippen LogP contribution in [0.5, 0.6) is 0 Å². The van der Waals surface area contributed by atoms with Crippen molar-refractivity contribution >= 4 is 6.16 Å². The molecule has 0 rings (SSSR count). The van der Waals surface area contributed by atoms with Crippen molar-refractivity contribution in [2.45, 2.75) is 12.8 Å². The monoisotopic (exact) mass is 518 g/mol. The maximum absolute atomic E-state index is 11.2. The molecule has 0 saturated carbocycles. The molecule has 0 heterocycles. The van der Waals surface area contributed by atoms with Gasteiger partial charge in [-0.1, -0.05) is 0 Å². The van der Waals surface area contributed by atoms with Crippen molar-refractivity contribution in [1.82, 2.24) is 0 Å². The molecule has 0 unspecified atom stereocenters. The molecule has 0 fully saturated rings. The largest absolute Gasteiger partial charge is 0.508 e. The van der Waals surface area contributed by atoms with E-state index in [0.29, 0.717) is 85.5 Å². The van der Waals surface area contributed by atoms with E-state index in [1.165, 1.54) is 0 Å². The Morgan fingerprint density at radius 2 is 0.800 bits per heavy atom. The Morgan fingerprint density at radius 3 is 1.17 bits per heavy atom. The molecular formula is C22H46O13. The van der Waals surface area contributed by atoms with Gasteiger partial charge in [0.2, 0.25) is 0 Å². The SMILES string of the molecule is COCCOCCOCCOC(=O)OCCOCCOCCCO.OCCCOCCOCCO. The highest BCUT2D eigenvalue weighted by molar-refractivity contribution is 5.59. The predicted octanol–water partition coefficient (Wildman–Crippen LogP) is -0.371. The van der Waals surface area contributed by atoms with Crippen LogP contribution in [-0.4, -0.2) is 148 Å². The minimum absolute atomic E-state index is 0.0522. The molecule has 0 amide bonds. The van der Waals surface area contributed by atoms with Crippen LogP contribution in [0, 0.1) is 0 Å². The van der Waals surface area contributed by atoms with Gasteiger partial charge in [-0.3, -0.25) is 0 Å². The van der Waals surface area contributed by atoms with Crippen molar-refractivity contribution < 1.29 is 62.7 Å². The smallest absolute Gasteiger partial charge is 0.432 e. The Hall–Kier alpha value is -1.13. The minimum Gasteiger partial charge on any atom is -0.432 e. The summed E-state index contributed by atoms with van der Waals surface area (Å²) in [6, 6.07) is 0. The molecule has 0 aliphatic heterocycles. The lowest BCUT2D eigenvalue weighted by Crippen LogP contribution is -2.17. The summed E-state index contributed by atoms with van der Waals surface area (Å²) >= 11 is 0. The van der Waals surface area contributed by atoms with E-state index < -0.39 is 6.16 Å². The molecule has 0 aromatic carbocycles. The maximum Gasteiger partial charge on any atom is 0.508 e. The van der Waals surface area contributed by atoms with E-state index in [9.17, 15) is 4.79 Å². The van der Waals surface area contributed by atoms with Crippen molar-refractivity contribution in [2.75, 3.05) is 126 Å². The predicted molar refractivity (Wildman–Crippen MR) is 125 cm³/mol. The molecule has 0 spiro atoms. The van der Waals surface area contributed by atoms with Crippen molar-refractivity contribution in [2.24, 2.45) is 0 Å². The first-order valence-electron chi connectivity index (χ1n) is 11.8. The van der Waals surface area contributed by atoms with Gasteiger partial charge < -0.3 is 58.0 Å². The first kappa shape index (κ1) is 36.0. The van der Waals surface area contributed by atoms with Gasteiger partial charge in [-0.25, -0.2) is 4.79 Å². The highest BCUT2D eigenvalue weighted by Gasteiger charge is 2.03. The average molecular weight is 519 g/mol. The lowest BCUT2D eigenvalue weighted by molar-refractivity contribution is -0.00959. The molecule has 0 radical (unpaired) electrons. The van der Waals surface area contributed by atoms with Crippen molar-refractivity contribution in [3.05, 3.63) is 0 Å². The van der Waals surface area contributed by atoms with Crippen molar-refractivity contribution in [3.63, 3.8) is 0 Å². The lowest BCUT2D eigenvalue weighted by atomic mass is 10.5. The van der Waals surface area contributed by atoms with E-state index >= 15 is 0 Å². The summed E-state index contributed by atoms with van der Waals surface area (Å²) in [5.41, 5.74) is 0. The summed E-state index contributed by atoms with van der Waals surface area (Å²) in [5, 5.41) is 25.2.